The summed E-state index contributed by atoms with van der Waals surface area (Å²) in [6.07, 6.45) is 5.43. The molecule has 126 valence electrons. The third-order valence-corrected chi connectivity index (χ3v) is 4.73. The van der Waals surface area contributed by atoms with Gasteiger partial charge in [0.1, 0.15) is 5.82 Å². The van der Waals surface area contributed by atoms with Gasteiger partial charge in [-0.25, -0.2) is 9.18 Å². The van der Waals surface area contributed by atoms with Crippen LogP contribution in [-0.2, 0) is 14.3 Å². The highest BCUT2D eigenvalue weighted by Crippen LogP contribution is 2.37. The zero-order valence-electron chi connectivity index (χ0n) is 13.8. The van der Waals surface area contributed by atoms with Crippen molar-refractivity contribution in [2.24, 2.45) is 0 Å². The average molecular weight is 329 g/mol. The van der Waals surface area contributed by atoms with E-state index in [9.17, 15) is 14.0 Å². The van der Waals surface area contributed by atoms with E-state index in [-0.39, 0.29) is 28.7 Å². The minimum atomic E-state index is -0.566. The number of amides is 1. The number of benzene rings is 1. The highest BCUT2D eigenvalue weighted by molar-refractivity contribution is 6.16. The predicted molar refractivity (Wildman–Crippen MR) is 88.2 cm³/mol. The van der Waals surface area contributed by atoms with Crippen LogP contribution in [0.1, 0.15) is 38.2 Å². The SMILES string of the molecule is COC(=O)C1=C(C)N(C2CCCC2)C(=O)/C1=C\c1ccccc1F. The third kappa shape index (κ3) is 2.75. The minimum absolute atomic E-state index is 0.101. The molecule has 0 atom stereocenters. The molecule has 0 bridgehead atoms. The highest BCUT2D eigenvalue weighted by Gasteiger charge is 2.41. The van der Waals surface area contributed by atoms with E-state index in [1.807, 2.05) is 0 Å². The van der Waals surface area contributed by atoms with Crippen molar-refractivity contribution in [1.29, 1.82) is 0 Å². The van der Waals surface area contributed by atoms with E-state index in [4.69, 9.17) is 4.74 Å². The van der Waals surface area contributed by atoms with Gasteiger partial charge in [-0.05, 0) is 31.9 Å². The summed E-state index contributed by atoms with van der Waals surface area (Å²) in [6, 6.07) is 6.29. The molecule has 1 heterocycles. The number of carbonyl (C=O) groups excluding carboxylic acids is 2. The molecule has 1 aliphatic carbocycles. The number of halogens is 1. The van der Waals surface area contributed by atoms with Gasteiger partial charge in [-0.1, -0.05) is 31.0 Å². The Balaban J connectivity index is 2.08. The molecule has 4 nitrogen and oxygen atoms in total. The quantitative estimate of drug-likeness (QED) is 0.630. The molecule has 1 aromatic rings. The van der Waals surface area contributed by atoms with Crippen molar-refractivity contribution in [2.75, 3.05) is 7.11 Å². The first-order valence-corrected chi connectivity index (χ1v) is 8.14. The van der Waals surface area contributed by atoms with Crippen molar-refractivity contribution >= 4 is 18.0 Å². The van der Waals surface area contributed by atoms with E-state index < -0.39 is 11.8 Å². The Morgan fingerprint density at radius 2 is 1.96 bits per heavy atom. The van der Waals surface area contributed by atoms with Gasteiger partial charge in [-0.15, -0.1) is 0 Å². The van der Waals surface area contributed by atoms with Crippen LogP contribution in [0.25, 0.3) is 6.08 Å². The second-order valence-electron chi connectivity index (χ2n) is 6.14. The minimum Gasteiger partial charge on any atom is -0.465 e. The molecule has 0 spiro atoms. The summed E-state index contributed by atoms with van der Waals surface area (Å²) >= 11 is 0. The lowest BCUT2D eigenvalue weighted by Crippen LogP contribution is -2.34. The van der Waals surface area contributed by atoms with Crippen LogP contribution < -0.4 is 0 Å². The Morgan fingerprint density at radius 3 is 2.58 bits per heavy atom. The van der Waals surface area contributed by atoms with E-state index in [1.54, 1.807) is 30.0 Å². The number of hydrogen-bond acceptors (Lipinski definition) is 3. The first-order chi connectivity index (χ1) is 11.5. The Kier molecular flexibility index (Phi) is 4.51. The van der Waals surface area contributed by atoms with Crippen molar-refractivity contribution in [3.8, 4) is 0 Å². The molecule has 0 unspecified atom stereocenters. The van der Waals surface area contributed by atoms with Crippen molar-refractivity contribution in [1.82, 2.24) is 4.90 Å². The fraction of sp³-hybridized carbons (Fsp3) is 0.368. The van der Waals surface area contributed by atoms with Crippen LogP contribution in [0.4, 0.5) is 4.39 Å². The highest BCUT2D eigenvalue weighted by atomic mass is 19.1. The van der Waals surface area contributed by atoms with Gasteiger partial charge in [0, 0.05) is 17.3 Å². The van der Waals surface area contributed by atoms with Crippen LogP contribution in [0.2, 0.25) is 0 Å². The Hall–Kier alpha value is -2.43. The van der Waals surface area contributed by atoms with Crippen LogP contribution >= 0.6 is 0 Å². The molecule has 5 heteroatoms. The van der Waals surface area contributed by atoms with Crippen molar-refractivity contribution in [3.05, 3.63) is 52.5 Å². The van der Waals surface area contributed by atoms with Crippen LogP contribution in [0.5, 0.6) is 0 Å². The maximum absolute atomic E-state index is 14.0. The second-order valence-corrected chi connectivity index (χ2v) is 6.14. The lowest BCUT2D eigenvalue weighted by molar-refractivity contribution is -0.136. The third-order valence-electron chi connectivity index (χ3n) is 4.73. The predicted octanol–water partition coefficient (Wildman–Crippen LogP) is 3.44. The van der Waals surface area contributed by atoms with Gasteiger partial charge >= 0.3 is 5.97 Å². The van der Waals surface area contributed by atoms with E-state index in [2.05, 4.69) is 0 Å². The second kappa shape index (κ2) is 6.59. The molecule has 1 fully saturated rings. The fourth-order valence-corrected chi connectivity index (χ4v) is 3.55. The van der Waals surface area contributed by atoms with Crippen LogP contribution in [0.3, 0.4) is 0 Å². The summed E-state index contributed by atoms with van der Waals surface area (Å²) in [6.45, 7) is 1.75. The van der Waals surface area contributed by atoms with Gasteiger partial charge in [-0.2, -0.15) is 0 Å². The van der Waals surface area contributed by atoms with E-state index >= 15 is 0 Å². The van der Waals surface area contributed by atoms with Crippen LogP contribution in [-0.4, -0.2) is 29.9 Å². The van der Waals surface area contributed by atoms with Gasteiger partial charge in [-0.3, -0.25) is 4.79 Å². The summed E-state index contributed by atoms with van der Waals surface area (Å²) in [5.74, 6) is -1.24. The molecule has 0 aromatic heterocycles. The Morgan fingerprint density at radius 1 is 1.29 bits per heavy atom. The molecular formula is C19H20FNO3. The fourth-order valence-electron chi connectivity index (χ4n) is 3.55. The summed E-state index contributed by atoms with van der Waals surface area (Å²) in [5.41, 5.74) is 1.32. The normalized spacial score (nSPS) is 20.4. The number of methoxy groups -OCH3 is 1. The number of ether oxygens (including phenoxy) is 1. The molecule has 3 rings (SSSR count). The topological polar surface area (TPSA) is 46.6 Å². The number of rotatable bonds is 3. The van der Waals surface area contributed by atoms with E-state index in [0.717, 1.165) is 25.7 Å². The zero-order valence-corrected chi connectivity index (χ0v) is 13.8. The Bertz CT molecular complexity index is 745. The molecule has 0 radical (unpaired) electrons. The van der Waals surface area contributed by atoms with Gasteiger partial charge in [0.05, 0.1) is 18.3 Å². The summed E-state index contributed by atoms with van der Waals surface area (Å²) in [5, 5.41) is 0. The molecule has 0 N–H and O–H groups in total. The monoisotopic (exact) mass is 329 g/mol. The number of nitrogens with zero attached hydrogens (tertiary/aromatic N) is 1. The van der Waals surface area contributed by atoms with Crippen LogP contribution in [0.15, 0.2) is 41.1 Å². The molecule has 1 saturated carbocycles. The van der Waals surface area contributed by atoms with Gasteiger partial charge in [0.15, 0.2) is 0 Å². The molecule has 1 amide bonds. The average Bonchev–Trinajstić information content (AvgIpc) is 3.16. The van der Waals surface area contributed by atoms with Crippen molar-refractivity contribution in [3.63, 3.8) is 0 Å². The Labute approximate surface area is 140 Å². The summed E-state index contributed by atoms with van der Waals surface area (Å²) in [7, 11) is 1.28. The van der Waals surface area contributed by atoms with Crippen molar-refractivity contribution < 1.29 is 18.7 Å². The van der Waals surface area contributed by atoms with E-state index in [0.29, 0.717) is 5.70 Å². The zero-order chi connectivity index (χ0) is 17.3. The van der Waals surface area contributed by atoms with E-state index in [1.165, 1.54) is 19.3 Å². The van der Waals surface area contributed by atoms with Crippen molar-refractivity contribution in [2.45, 2.75) is 38.6 Å². The standard InChI is InChI=1S/C19H20FNO3/c1-12-17(19(23)24-2)15(11-13-7-3-6-10-16(13)20)18(22)21(12)14-8-4-5-9-14/h3,6-7,10-11,14H,4-5,8-9H2,1-2H3/b15-11-. The lowest BCUT2D eigenvalue weighted by Gasteiger charge is -2.25. The van der Waals surface area contributed by atoms with Crippen LogP contribution in [0, 0.1) is 5.82 Å². The maximum atomic E-state index is 14.0. The smallest absolute Gasteiger partial charge is 0.340 e. The molecular weight excluding hydrogens is 309 g/mol. The van der Waals surface area contributed by atoms with Gasteiger partial charge in [0.25, 0.3) is 5.91 Å². The van der Waals surface area contributed by atoms with Gasteiger partial charge < -0.3 is 9.64 Å². The van der Waals surface area contributed by atoms with Gasteiger partial charge in [0.2, 0.25) is 0 Å². The largest absolute Gasteiger partial charge is 0.465 e. The molecule has 1 aromatic carbocycles. The lowest BCUT2D eigenvalue weighted by atomic mass is 10.0. The first-order valence-electron chi connectivity index (χ1n) is 8.14. The number of carbonyl (C=O) groups is 2. The maximum Gasteiger partial charge on any atom is 0.340 e. The molecule has 0 saturated heterocycles. The number of esters is 1. The first kappa shape index (κ1) is 16.4. The molecule has 2 aliphatic rings. The number of hydrogen-bond donors (Lipinski definition) is 0. The molecule has 24 heavy (non-hydrogen) atoms. The summed E-state index contributed by atoms with van der Waals surface area (Å²) < 4.78 is 18.8. The molecule has 1 aliphatic heterocycles. The number of allylic oxidation sites excluding steroid dienone is 1. The summed E-state index contributed by atoms with van der Waals surface area (Å²) in [4.78, 5) is 26.8.